The summed E-state index contributed by atoms with van der Waals surface area (Å²) in [5.74, 6) is -2.36. The molecule has 1 aromatic carbocycles. The fourth-order valence-corrected chi connectivity index (χ4v) is 6.99. The second-order valence-corrected chi connectivity index (χ2v) is 11.0. The van der Waals surface area contributed by atoms with E-state index in [1.807, 2.05) is 13.8 Å². The Labute approximate surface area is 229 Å². The summed E-state index contributed by atoms with van der Waals surface area (Å²) in [5, 5.41) is 10.8. The maximum Gasteiger partial charge on any atom is 0.253 e. The Hall–Kier alpha value is -2.68. The minimum Gasteiger partial charge on any atom is -0.394 e. The molecule has 3 heterocycles. The molecule has 6 atom stereocenters. The molecule has 9 heteroatoms. The van der Waals surface area contributed by atoms with Crippen LogP contribution in [0.5, 0.6) is 0 Å². The normalized spacial score (nSPS) is 30.2. The van der Waals surface area contributed by atoms with E-state index in [1.165, 1.54) is 4.90 Å². The van der Waals surface area contributed by atoms with E-state index in [2.05, 4.69) is 13.2 Å². The van der Waals surface area contributed by atoms with Gasteiger partial charge in [0.05, 0.1) is 30.1 Å². The Bertz CT molecular complexity index is 1110. The van der Waals surface area contributed by atoms with Crippen LogP contribution in [0, 0.1) is 11.8 Å². The van der Waals surface area contributed by atoms with Gasteiger partial charge in [-0.2, -0.15) is 0 Å². The Kier molecular flexibility index (Phi) is 8.07. The molecule has 0 aliphatic carbocycles. The lowest BCUT2D eigenvalue weighted by molar-refractivity contribution is -0.153. The summed E-state index contributed by atoms with van der Waals surface area (Å²) in [6.45, 7) is 11.7. The quantitative estimate of drug-likeness (QED) is 0.432. The first-order chi connectivity index (χ1) is 18.2. The fourth-order valence-electron chi connectivity index (χ4n) is 6.86. The van der Waals surface area contributed by atoms with Crippen LogP contribution in [0.2, 0.25) is 5.02 Å². The molecule has 3 saturated heterocycles. The molecule has 38 heavy (non-hydrogen) atoms. The van der Waals surface area contributed by atoms with Gasteiger partial charge >= 0.3 is 0 Å². The molecule has 0 saturated carbocycles. The lowest BCUT2D eigenvalue weighted by Gasteiger charge is -2.39. The van der Waals surface area contributed by atoms with Gasteiger partial charge in [0.15, 0.2) is 0 Å². The number of amides is 3. The van der Waals surface area contributed by atoms with Crippen LogP contribution in [0.3, 0.4) is 0 Å². The van der Waals surface area contributed by atoms with Crippen molar-refractivity contribution in [2.45, 2.75) is 62.8 Å². The molecule has 3 aliphatic rings. The Morgan fingerprint density at radius 2 is 1.84 bits per heavy atom. The number of carbonyl (C=O) groups excluding carboxylic acids is 3. The number of fused-ring (bicyclic) bond motifs is 1. The van der Waals surface area contributed by atoms with Crippen LogP contribution in [-0.2, 0) is 19.1 Å². The minimum atomic E-state index is -1.17. The van der Waals surface area contributed by atoms with Gasteiger partial charge in [-0.3, -0.25) is 14.4 Å². The lowest BCUT2D eigenvalue weighted by atomic mass is 9.64. The Morgan fingerprint density at radius 3 is 2.39 bits per heavy atom. The van der Waals surface area contributed by atoms with Crippen LogP contribution in [-0.4, -0.2) is 82.7 Å². The number of likely N-dealkylation sites (tertiary alicyclic amines) is 1. The molecule has 206 valence electrons. The van der Waals surface area contributed by atoms with Crippen LogP contribution in [0.15, 0.2) is 49.6 Å². The molecule has 3 fully saturated rings. The maximum atomic E-state index is 14.5. The number of anilines is 1. The predicted molar refractivity (Wildman–Crippen MR) is 147 cm³/mol. The van der Waals surface area contributed by atoms with Gasteiger partial charge in [-0.25, -0.2) is 0 Å². The second kappa shape index (κ2) is 10.8. The highest BCUT2D eigenvalue weighted by atomic mass is 35.5. The average molecular weight is 544 g/mol. The zero-order chi connectivity index (χ0) is 27.8. The van der Waals surface area contributed by atoms with Gasteiger partial charge in [0.1, 0.15) is 11.6 Å². The van der Waals surface area contributed by atoms with Gasteiger partial charge in [0, 0.05) is 30.8 Å². The molecule has 3 aliphatic heterocycles. The number of aliphatic hydroxyl groups excluding tert-OH is 1. The van der Waals surface area contributed by atoms with Crippen molar-refractivity contribution in [3.63, 3.8) is 0 Å². The summed E-state index contributed by atoms with van der Waals surface area (Å²) in [6.07, 6.45) is 5.32. The number of aliphatic hydroxyl groups is 1. The number of carbonyl (C=O) groups is 3. The first kappa shape index (κ1) is 28.3. The minimum absolute atomic E-state index is 0.183. The van der Waals surface area contributed by atoms with Crippen LogP contribution in [0.25, 0.3) is 0 Å². The van der Waals surface area contributed by atoms with E-state index in [0.29, 0.717) is 42.9 Å². The third-order valence-corrected chi connectivity index (χ3v) is 8.94. The summed E-state index contributed by atoms with van der Waals surface area (Å²) < 4.78 is 6.83. The van der Waals surface area contributed by atoms with Crippen molar-refractivity contribution in [2.24, 2.45) is 11.8 Å². The maximum absolute atomic E-state index is 14.5. The van der Waals surface area contributed by atoms with Gasteiger partial charge < -0.3 is 24.5 Å². The van der Waals surface area contributed by atoms with Crippen LogP contribution < -0.4 is 4.90 Å². The molecule has 8 nitrogen and oxygen atoms in total. The molecular weight excluding hydrogens is 506 g/mol. The summed E-state index contributed by atoms with van der Waals surface area (Å²) in [5.41, 5.74) is -1.39. The van der Waals surface area contributed by atoms with Crippen molar-refractivity contribution < 1.29 is 24.2 Å². The number of benzene rings is 1. The van der Waals surface area contributed by atoms with Crippen LogP contribution in [0.1, 0.15) is 39.5 Å². The number of likely N-dealkylation sites (N-methyl/N-ethyl adjacent to an activating group) is 1. The zero-order valence-electron chi connectivity index (χ0n) is 22.4. The van der Waals surface area contributed by atoms with Crippen molar-refractivity contribution in [3.8, 4) is 0 Å². The summed E-state index contributed by atoms with van der Waals surface area (Å²) >= 11 is 6.10. The fraction of sp³-hybridized carbons (Fsp3) is 0.552. The van der Waals surface area contributed by atoms with E-state index in [-0.39, 0.29) is 30.9 Å². The van der Waals surface area contributed by atoms with E-state index < -0.39 is 35.1 Å². The molecule has 2 unspecified atom stereocenters. The van der Waals surface area contributed by atoms with E-state index >= 15 is 0 Å². The number of hydrogen-bond donors (Lipinski definition) is 1. The first-order valence-electron chi connectivity index (χ1n) is 13.3. The first-order valence-corrected chi connectivity index (χ1v) is 13.7. The van der Waals surface area contributed by atoms with Gasteiger partial charge in [-0.1, -0.05) is 37.6 Å². The van der Waals surface area contributed by atoms with E-state index in [1.54, 1.807) is 53.3 Å². The smallest absolute Gasteiger partial charge is 0.253 e. The lowest BCUT2D eigenvalue weighted by Crippen LogP contribution is -2.59. The highest BCUT2D eigenvalue weighted by Crippen LogP contribution is 2.65. The molecule has 1 spiro atoms. The van der Waals surface area contributed by atoms with Gasteiger partial charge in [0.25, 0.3) is 5.91 Å². The molecule has 1 N–H and O–H groups in total. The van der Waals surface area contributed by atoms with Crippen LogP contribution in [0.4, 0.5) is 5.69 Å². The number of rotatable bonds is 11. The SMILES string of the molecule is C=CCN(C)C(=O)[C@H]1[C@H]2C(=O)N([C@@H](CC)CO)C(C(=O)N(CC=C)c3ccc(Cl)cc3)C23CC[C@]1(CC)O3. The molecule has 4 rings (SSSR count). The second-order valence-electron chi connectivity index (χ2n) is 10.5. The zero-order valence-corrected chi connectivity index (χ0v) is 23.2. The highest BCUT2D eigenvalue weighted by Gasteiger charge is 2.79. The third kappa shape index (κ3) is 4.17. The Morgan fingerprint density at radius 1 is 1.18 bits per heavy atom. The molecule has 0 aromatic heterocycles. The third-order valence-electron chi connectivity index (χ3n) is 8.69. The van der Waals surface area contributed by atoms with Crippen molar-refractivity contribution in [2.75, 3.05) is 31.6 Å². The van der Waals surface area contributed by atoms with Crippen LogP contribution >= 0.6 is 11.6 Å². The van der Waals surface area contributed by atoms with Gasteiger partial charge in [-0.15, -0.1) is 13.2 Å². The topological polar surface area (TPSA) is 90.4 Å². The molecule has 0 radical (unpaired) electrons. The van der Waals surface area contributed by atoms with Crippen molar-refractivity contribution >= 4 is 35.0 Å². The molecule has 1 aromatic rings. The number of ether oxygens (including phenoxy) is 1. The standard InChI is InChI=1S/C29H38ClN3O5/c1-6-16-31(5)25(35)22-23-26(36)33(20(8-3)18-34)24(29(23)15-14-28(22,9-4)38-29)27(37)32(17-7-2)21-12-10-19(30)11-13-21/h6-7,10-13,20,22-24,34H,1-2,8-9,14-18H2,3-5H3/t20-,22+,23-,24?,28-,29?/m0/s1. The van der Waals surface area contributed by atoms with Gasteiger partial charge in [-0.05, 0) is 49.9 Å². The van der Waals surface area contributed by atoms with Crippen molar-refractivity contribution in [3.05, 3.63) is 54.6 Å². The Balaban J connectivity index is 1.86. The highest BCUT2D eigenvalue weighted by molar-refractivity contribution is 6.30. The van der Waals surface area contributed by atoms with E-state index in [9.17, 15) is 19.5 Å². The molecular formula is C29H38ClN3O5. The van der Waals surface area contributed by atoms with Gasteiger partial charge in [0.2, 0.25) is 11.8 Å². The molecule has 3 amide bonds. The number of hydrogen-bond acceptors (Lipinski definition) is 5. The van der Waals surface area contributed by atoms with E-state index in [4.69, 9.17) is 16.3 Å². The largest absolute Gasteiger partial charge is 0.394 e. The van der Waals surface area contributed by atoms with Crippen molar-refractivity contribution in [1.82, 2.24) is 9.80 Å². The predicted octanol–water partition coefficient (Wildman–Crippen LogP) is 3.43. The molecule has 2 bridgehead atoms. The monoisotopic (exact) mass is 543 g/mol. The summed E-state index contributed by atoms with van der Waals surface area (Å²) in [7, 11) is 1.70. The number of nitrogens with zero attached hydrogens (tertiary/aromatic N) is 3. The summed E-state index contributed by atoms with van der Waals surface area (Å²) in [6, 6.07) is 5.32. The van der Waals surface area contributed by atoms with Crippen molar-refractivity contribution in [1.29, 1.82) is 0 Å². The average Bonchev–Trinajstić information content (AvgIpc) is 3.52. The van der Waals surface area contributed by atoms with E-state index in [0.717, 1.165) is 0 Å². The summed E-state index contributed by atoms with van der Waals surface area (Å²) in [4.78, 5) is 47.3. The number of halogens is 1.